The summed E-state index contributed by atoms with van der Waals surface area (Å²) in [7, 11) is 0. The summed E-state index contributed by atoms with van der Waals surface area (Å²) in [5.74, 6) is -1.39. The second-order valence-corrected chi connectivity index (χ2v) is 7.34. The second-order valence-electron chi connectivity index (χ2n) is 7.34. The predicted molar refractivity (Wildman–Crippen MR) is 114 cm³/mol. The van der Waals surface area contributed by atoms with Gasteiger partial charge in [-0.15, -0.1) is 0 Å². The fraction of sp³-hybridized carbons (Fsp3) is 0.308. The zero-order valence-corrected chi connectivity index (χ0v) is 16.8. The lowest BCUT2D eigenvalue weighted by molar-refractivity contribution is 0.496. The van der Waals surface area contributed by atoms with Crippen LogP contribution in [0.4, 0.5) is 8.78 Å². The number of hydrogen-bond donors (Lipinski definition) is 0. The lowest BCUT2D eigenvalue weighted by Crippen LogP contribution is -2.04. The summed E-state index contributed by atoms with van der Waals surface area (Å²) in [6, 6.07) is 19.6. The second kappa shape index (κ2) is 9.64. The highest BCUT2D eigenvalue weighted by Crippen LogP contribution is 2.32. The number of benzene rings is 3. The van der Waals surface area contributed by atoms with Crippen LogP contribution in [0.1, 0.15) is 50.7 Å². The van der Waals surface area contributed by atoms with Crippen LogP contribution in [0.3, 0.4) is 0 Å². The summed E-state index contributed by atoms with van der Waals surface area (Å²) in [4.78, 5) is 0. The summed E-state index contributed by atoms with van der Waals surface area (Å²) >= 11 is 0. The molecule has 0 spiro atoms. The Morgan fingerprint density at radius 3 is 1.93 bits per heavy atom. The molecule has 0 aliphatic heterocycles. The molecule has 0 atom stereocenters. The highest BCUT2D eigenvalue weighted by atomic mass is 19.2. The Labute approximate surface area is 167 Å². The third-order valence-corrected chi connectivity index (χ3v) is 5.25. The van der Waals surface area contributed by atoms with Crippen LogP contribution in [0.2, 0.25) is 0 Å². The molecule has 0 saturated heterocycles. The van der Waals surface area contributed by atoms with E-state index in [1.807, 2.05) is 60.7 Å². The van der Waals surface area contributed by atoms with Crippen molar-refractivity contribution >= 4 is 0 Å². The largest absolute Gasteiger partial charge is 0.203 e. The molecule has 0 N–H and O–H groups in total. The summed E-state index contributed by atoms with van der Waals surface area (Å²) in [5, 5.41) is 0. The summed E-state index contributed by atoms with van der Waals surface area (Å²) in [6.07, 6.45) is 5.30. The van der Waals surface area contributed by atoms with E-state index >= 15 is 0 Å². The van der Waals surface area contributed by atoms with E-state index in [0.717, 1.165) is 48.8 Å². The van der Waals surface area contributed by atoms with Crippen LogP contribution in [0.25, 0.3) is 22.3 Å². The molecule has 0 fully saturated rings. The van der Waals surface area contributed by atoms with Crippen molar-refractivity contribution in [3.63, 3.8) is 0 Å². The third-order valence-electron chi connectivity index (χ3n) is 5.25. The number of aryl methyl sites for hydroxylation is 1. The van der Waals surface area contributed by atoms with Gasteiger partial charge in [0, 0.05) is 5.56 Å². The summed E-state index contributed by atoms with van der Waals surface area (Å²) in [5.41, 5.74) is 4.76. The molecule has 0 aliphatic carbocycles. The Hall–Kier alpha value is -2.48. The number of rotatable bonds is 8. The summed E-state index contributed by atoms with van der Waals surface area (Å²) in [6.45, 7) is 4.19. The van der Waals surface area contributed by atoms with Crippen molar-refractivity contribution in [3.05, 3.63) is 83.4 Å². The SMILES string of the molecule is CCCCCc1c(CCC)cc(-c2ccc(-c3ccccc3)cc2)c(F)c1F. The lowest BCUT2D eigenvalue weighted by Gasteiger charge is -2.15. The van der Waals surface area contributed by atoms with Gasteiger partial charge in [0.15, 0.2) is 11.6 Å². The molecule has 0 amide bonds. The molecule has 0 saturated carbocycles. The van der Waals surface area contributed by atoms with E-state index in [1.165, 1.54) is 0 Å². The Morgan fingerprint density at radius 1 is 0.643 bits per heavy atom. The zero-order valence-electron chi connectivity index (χ0n) is 16.8. The molecule has 28 heavy (non-hydrogen) atoms. The molecule has 0 heterocycles. The van der Waals surface area contributed by atoms with Gasteiger partial charge < -0.3 is 0 Å². The van der Waals surface area contributed by atoms with E-state index in [-0.39, 0.29) is 0 Å². The van der Waals surface area contributed by atoms with Gasteiger partial charge in [-0.05, 0) is 53.1 Å². The minimum absolute atomic E-state index is 0.361. The van der Waals surface area contributed by atoms with Crippen molar-refractivity contribution in [2.75, 3.05) is 0 Å². The van der Waals surface area contributed by atoms with Gasteiger partial charge in [-0.1, -0.05) is 87.7 Å². The molecule has 0 aromatic heterocycles. The van der Waals surface area contributed by atoms with E-state index < -0.39 is 11.6 Å². The average Bonchev–Trinajstić information content (AvgIpc) is 2.74. The first kappa shape index (κ1) is 20.3. The average molecular weight is 379 g/mol. The molecule has 0 radical (unpaired) electrons. The van der Waals surface area contributed by atoms with Gasteiger partial charge in [-0.2, -0.15) is 0 Å². The third kappa shape index (κ3) is 4.49. The number of halogens is 2. The van der Waals surface area contributed by atoms with Crippen molar-refractivity contribution in [3.8, 4) is 22.3 Å². The van der Waals surface area contributed by atoms with Crippen molar-refractivity contribution < 1.29 is 8.78 Å². The Bertz CT molecular complexity index is 896. The van der Waals surface area contributed by atoms with Crippen LogP contribution < -0.4 is 0 Å². The van der Waals surface area contributed by atoms with Gasteiger partial charge in [-0.25, -0.2) is 8.78 Å². The first-order valence-corrected chi connectivity index (χ1v) is 10.3. The maximum atomic E-state index is 14.9. The van der Waals surface area contributed by atoms with Gasteiger partial charge in [-0.3, -0.25) is 0 Å². The standard InChI is InChI=1S/C26H28F2/c1-3-5-7-13-23-22(10-4-2)18-24(26(28)25(23)27)21-16-14-20(15-17-21)19-11-8-6-9-12-19/h6,8-9,11-12,14-18H,3-5,7,10,13H2,1-2H3. The van der Waals surface area contributed by atoms with E-state index in [9.17, 15) is 8.78 Å². The number of hydrogen-bond acceptors (Lipinski definition) is 0. The van der Waals surface area contributed by atoms with Gasteiger partial charge in [0.25, 0.3) is 0 Å². The molecular weight excluding hydrogens is 350 g/mol. The van der Waals surface area contributed by atoms with Crippen LogP contribution in [0.15, 0.2) is 60.7 Å². The molecule has 0 aliphatic rings. The maximum Gasteiger partial charge on any atom is 0.166 e. The van der Waals surface area contributed by atoms with Gasteiger partial charge in [0.2, 0.25) is 0 Å². The minimum atomic E-state index is -0.723. The van der Waals surface area contributed by atoms with Crippen LogP contribution in [0, 0.1) is 11.6 Å². The van der Waals surface area contributed by atoms with Gasteiger partial charge >= 0.3 is 0 Å². The lowest BCUT2D eigenvalue weighted by atomic mass is 9.92. The Morgan fingerprint density at radius 2 is 1.29 bits per heavy atom. The molecular formula is C26H28F2. The quantitative estimate of drug-likeness (QED) is 0.348. The van der Waals surface area contributed by atoms with Crippen LogP contribution in [-0.2, 0) is 12.8 Å². The van der Waals surface area contributed by atoms with Gasteiger partial charge in [0.1, 0.15) is 0 Å². The topological polar surface area (TPSA) is 0 Å². The molecule has 0 unspecified atom stereocenters. The maximum absolute atomic E-state index is 14.9. The van der Waals surface area contributed by atoms with E-state index in [2.05, 4.69) is 13.8 Å². The normalized spacial score (nSPS) is 11.0. The van der Waals surface area contributed by atoms with Crippen molar-refractivity contribution in [2.45, 2.75) is 52.4 Å². The molecule has 3 rings (SSSR count). The first-order valence-electron chi connectivity index (χ1n) is 10.3. The first-order chi connectivity index (χ1) is 13.7. The van der Waals surface area contributed by atoms with Crippen LogP contribution in [-0.4, -0.2) is 0 Å². The Kier molecular flexibility index (Phi) is 6.97. The molecule has 0 bridgehead atoms. The summed E-state index contributed by atoms with van der Waals surface area (Å²) < 4.78 is 29.9. The van der Waals surface area contributed by atoms with Crippen molar-refractivity contribution in [1.82, 2.24) is 0 Å². The minimum Gasteiger partial charge on any atom is -0.203 e. The fourth-order valence-corrected chi connectivity index (χ4v) is 3.71. The Balaban J connectivity index is 1.97. The van der Waals surface area contributed by atoms with Crippen molar-refractivity contribution in [1.29, 1.82) is 0 Å². The molecule has 3 aromatic carbocycles. The monoisotopic (exact) mass is 378 g/mol. The van der Waals surface area contributed by atoms with Crippen LogP contribution >= 0.6 is 0 Å². The smallest absolute Gasteiger partial charge is 0.166 e. The zero-order chi connectivity index (χ0) is 19.9. The molecule has 146 valence electrons. The predicted octanol–water partition coefficient (Wildman–Crippen LogP) is 7.98. The highest BCUT2D eigenvalue weighted by molar-refractivity contribution is 5.71. The van der Waals surface area contributed by atoms with E-state index in [4.69, 9.17) is 0 Å². The van der Waals surface area contributed by atoms with E-state index in [0.29, 0.717) is 23.1 Å². The van der Waals surface area contributed by atoms with Crippen LogP contribution in [0.5, 0.6) is 0 Å². The highest BCUT2D eigenvalue weighted by Gasteiger charge is 2.19. The fourth-order valence-electron chi connectivity index (χ4n) is 3.71. The van der Waals surface area contributed by atoms with Gasteiger partial charge in [0.05, 0.1) is 0 Å². The molecule has 2 heteroatoms. The van der Waals surface area contributed by atoms with E-state index in [1.54, 1.807) is 0 Å². The number of unbranched alkanes of at least 4 members (excludes halogenated alkanes) is 2. The van der Waals surface area contributed by atoms with Crippen molar-refractivity contribution in [2.24, 2.45) is 0 Å². The molecule has 0 nitrogen and oxygen atoms in total. The molecule has 3 aromatic rings.